The highest BCUT2D eigenvalue weighted by molar-refractivity contribution is 7.92. The van der Waals surface area contributed by atoms with E-state index in [1.807, 2.05) is 24.3 Å². The number of nitrogens with zero attached hydrogens (tertiary/aromatic N) is 2. The number of para-hydroxylation sites is 2. The van der Waals surface area contributed by atoms with Crippen LogP contribution in [0.1, 0.15) is 0 Å². The summed E-state index contributed by atoms with van der Waals surface area (Å²) in [6.45, 7) is 0. The van der Waals surface area contributed by atoms with Crippen molar-refractivity contribution < 1.29 is 17.9 Å². The summed E-state index contributed by atoms with van der Waals surface area (Å²) in [5.41, 5.74) is 2.50. The molecular weight excluding hydrogens is 440 g/mol. The Morgan fingerprint density at radius 2 is 1.64 bits per heavy atom. The van der Waals surface area contributed by atoms with E-state index in [4.69, 9.17) is 9.47 Å². The molecule has 0 radical (unpaired) electrons. The normalized spacial score (nSPS) is 11.0. The second kappa shape index (κ2) is 9.58. The van der Waals surface area contributed by atoms with Crippen LogP contribution in [0.5, 0.6) is 11.5 Å². The molecule has 2 N–H and O–H groups in total. The van der Waals surface area contributed by atoms with Gasteiger partial charge in [0.25, 0.3) is 10.0 Å². The van der Waals surface area contributed by atoms with E-state index in [1.165, 1.54) is 25.6 Å². The highest BCUT2D eigenvalue weighted by atomic mass is 32.2. The fourth-order valence-electron chi connectivity index (χ4n) is 3.19. The van der Waals surface area contributed by atoms with E-state index in [1.54, 1.807) is 49.6 Å². The molecule has 4 rings (SSSR count). The van der Waals surface area contributed by atoms with Crippen LogP contribution in [-0.2, 0) is 10.0 Å². The van der Waals surface area contributed by atoms with Crippen molar-refractivity contribution in [1.82, 2.24) is 9.97 Å². The molecule has 0 bridgehead atoms. The summed E-state index contributed by atoms with van der Waals surface area (Å²) in [6.07, 6.45) is 1.45. The van der Waals surface area contributed by atoms with Gasteiger partial charge in [0.1, 0.15) is 23.6 Å². The lowest BCUT2D eigenvalue weighted by Gasteiger charge is -2.13. The maximum Gasteiger partial charge on any atom is 0.262 e. The lowest BCUT2D eigenvalue weighted by molar-refractivity contribution is 0.415. The minimum Gasteiger partial charge on any atom is -0.497 e. The number of nitrogens with one attached hydrogen (secondary N) is 2. The summed E-state index contributed by atoms with van der Waals surface area (Å²) in [5.74, 6) is 1.68. The molecule has 8 nitrogen and oxygen atoms in total. The minimum absolute atomic E-state index is 0.0977. The van der Waals surface area contributed by atoms with Crippen molar-refractivity contribution in [1.29, 1.82) is 0 Å². The molecule has 0 unspecified atom stereocenters. The van der Waals surface area contributed by atoms with E-state index in [0.29, 0.717) is 28.6 Å². The van der Waals surface area contributed by atoms with E-state index >= 15 is 0 Å². The van der Waals surface area contributed by atoms with Crippen molar-refractivity contribution in [2.45, 2.75) is 4.90 Å². The Morgan fingerprint density at radius 3 is 2.45 bits per heavy atom. The van der Waals surface area contributed by atoms with Gasteiger partial charge in [0, 0.05) is 17.3 Å². The molecule has 9 heteroatoms. The van der Waals surface area contributed by atoms with Crippen LogP contribution in [0.15, 0.2) is 90.1 Å². The van der Waals surface area contributed by atoms with Gasteiger partial charge in [0.2, 0.25) is 0 Å². The van der Waals surface area contributed by atoms with Crippen LogP contribution in [0.25, 0.3) is 11.3 Å². The second-order valence-corrected chi connectivity index (χ2v) is 8.66. The Kier molecular flexibility index (Phi) is 6.41. The van der Waals surface area contributed by atoms with E-state index in [2.05, 4.69) is 20.0 Å². The molecule has 4 aromatic rings. The largest absolute Gasteiger partial charge is 0.497 e. The third-order valence-corrected chi connectivity index (χ3v) is 6.16. The van der Waals surface area contributed by atoms with Crippen molar-refractivity contribution >= 4 is 27.2 Å². The molecular formula is C24H22N4O4S. The number of rotatable bonds is 8. The molecule has 0 saturated heterocycles. The van der Waals surface area contributed by atoms with Crippen molar-refractivity contribution in [3.63, 3.8) is 0 Å². The molecule has 0 aliphatic carbocycles. The zero-order valence-electron chi connectivity index (χ0n) is 18.0. The molecule has 0 saturated carbocycles. The summed E-state index contributed by atoms with van der Waals surface area (Å²) in [5, 5.41) is 3.14. The highest BCUT2D eigenvalue weighted by Crippen LogP contribution is 2.28. The van der Waals surface area contributed by atoms with E-state index < -0.39 is 10.0 Å². The fraction of sp³-hybridized carbons (Fsp3) is 0.0833. The van der Waals surface area contributed by atoms with Gasteiger partial charge < -0.3 is 14.8 Å². The Bertz CT molecular complexity index is 1380. The van der Waals surface area contributed by atoms with E-state index in [0.717, 1.165) is 11.3 Å². The molecule has 0 aliphatic heterocycles. The summed E-state index contributed by atoms with van der Waals surface area (Å²) in [4.78, 5) is 8.67. The molecule has 0 amide bonds. The van der Waals surface area contributed by atoms with E-state index in [9.17, 15) is 8.42 Å². The highest BCUT2D eigenvalue weighted by Gasteiger charge is 2.17. The van der Waals surface area contributed by atoms with Crippen LogP contribution >= 0.6 is 0 Å². The number of ether oxygens (including phenoxy) is 2. The monoisotopic (exact) mass is 462 g/mol. The molecule has 0 spiro atoms. The minimum atomic E-state index is -3.84. The summed E-state index contributed by atoms with van der Waals surface area (Å²) < 4.78 is 39.0. The first kappa shape index (κ1) is 22.1. The molecule has 33 heavy (non-hydrogen) atoms. The van der Waals surface area contributed by atoms with Crippen LogP contribution in [0.3, 0.4) is 0 Å². The zero-order chi connectivity index (χ0) is 23.3. The first-order valence-corrected chi connectivity index (χ1v) is 11.5. The quantitative estimate of drug-likeness (QED) is 0.391. The maximum absolute atomic E-state index is 12.9. The topological polar surface area (TPSA) is 102 Å². The predicted octanol–water partition coefficient (Wildman–Crippen LogP) is 4.71. The van der Waals surface area contributed by atoms with Gasteiger partial charge in [0.15, 0.2) is 0 Å². The molecule has 168 valence electrons. The first-order valence-electron chi connectivity index (χ1n) is 9.98. The van der Waals surface area contributed by atoms with Crippen molar-refractivity contribution in [3.8, 4) is 22.8 Å². The third-order valence-electron chi connectivity index (χ3n) is 4.80. The Labute approximate surface area is 192 Å². The van der Waals surface area contributed by atoms with Crippen LogP contribution in [0.2, 0.25) is 0 Å². The molecule has 0 aliphatic rings. The van der Waals surface area contributed by atoms with Crippen LogP contribution in [-0.4, -0.2) is 32.6 Å². The lowest BCUT2D eigenvalue weighted by atomic mass is 10.1. The number of methoxy groups -OCH3 is 2. The number of aromatic nitrogens is 2. The van der Waals surface area contributed by atoms with Gasteiger partial charge in [-0.1, -0.05) is 30.3 Å². The van der Waals surface area contributed by atoms with Gasteiger partial charge in [-0.15, -0.1) is 0 Å². The van der Waals surface area contributed by atoms with Crippen molar-refractivity contribution in [2.24, 2.45) is 0 Å². The van der Waals surface area contributed by atoms with E-state index in [-0.39, 0.29) is 4.90 Å². The van der Waals surface area contributed by atoms with Crippen LogP contribution in [0, 0.1) is 0 Å². The SMILES string of the molecule is COc1cccc(-c2cc(Nc3cccc(S(=O)(=O)Nc4ccccc4OC)c3)ncn2)c1. The maximum atomic E-state index is 12.9. The van der Waals surface area contributed by atoms with Crippen LogP contribution < -0.4 is 19.5 Å². The van der Waals surface area contributed by atoms with Gasteiger partial charge in [-0.05, 0) is 42.5 Å². The lowest BCUT2D eigenvalue weighted by Crippen LogP contribution is -2.13. The third kappa shape index (κ3) is 5.21. The van der Waals surface area contributed by atoms with Gasteiger partial charge in [-0.3, -0.25) is 4.72 Å². The van der Waals surface area contributed by atoms with Gasteiger partial charge in [-0.25, -0.2) is 18.4 Å². The number of hydrogen-bond donors (Lipinski definition) is 2. The summed E-state index contributed by atoms with van der Waals surface area (Å²) >= 11 is 0. The van der Waals surface area contributed by atoms with Crippen LogP contribution in [0.4, 0.5) is 17.2 Å². The number of anilines is 3. The standard InChI is InChI=1S/C24H22N4O4S/c1-31-19-9-5-7-17(13-19)22-15-24(26-16-25-22)27-18-8-6-10-20(14-18)33(29,30)28-21-11-3-4-12-23(21)32-2/h3-16,28H,1-2H3,(H,25,26,27). The van der Waals surface area contributed by atoms with Gasteiger partial charge in [0.05, 0.1) is 30.5 Å². The molecule has 1 aromatic heterocycles. The molecule has 3 aromatic carbocycles. The zero-order valence-corrected chi connectivity index (χ0v) is 18.8. The average Bonchev–Trinajstić information content (AvgIpc) is 2.84. The summed E-state index contributed by atoms with van der Waals surface area (Å²) in [6, 6.07) is 22.6. The molecule has 1 heterocycles. The average molecular weight is 463 g/mol. The Balaban J connectivity index is 1.57. The van der Waals surface area contributed by atoms with Gasteiger partial charge in [-0.2, -0.15) is 0 Å². The summed E-state index contributed by atoms with van der Waals surface area (Å²) in [7, 11) is -0.744. The van der Waals surface area contributed by atoms with Crippen molar-refractivity contribution in [2.75, 3.05) is 24.3 Å². The second-order valence-electron chi connectivity index (χ2n) is 6.98. The molecule has 0 atom stereocenters. The first-order chi connectivity index (χ1) is 16.0. The molecule has 0 fully saturated rings. The Hall–Kier alpha value is -4.11. The van der Waals surface area contributed by atoms with Crippen molar-refractivity contribution in [3.05, 3.63) is 85.2 Å². The number of hydrogen-bond acceptors (Lipinski definition) is 7. The number of sulfonamides is 1. The predicted molar refractivity (Wildman–Crippen MR) is 128 cm³/mol. The fourth-order valence-corrected chi connectivity index (χ4v) is 4.30. The van der Waals surface area contributed by atoms with Gasteiger partial charge >= 0.3 is 0 Å². The smallest absolute Gasteiger partial charge is 0.262 e. The number of benzene rings is 3. The Morgan fingerprint density at radius 1 is 0.818 bits per heavy atom.